The molecule has 0 spiro atoms. The van der Waals surface area contributed by atoms with Crippen molar-refractivity contribution < 1.29 is 0 Å². The highest BCUT2D eigenvalue weighted by atomic mass is 14.6. The zero-order chi connectivity index (χ0) is 8.29. The predicted molar refractivity (Wildman–Crippen MR) is 50.8 cm³/mol. The summed E-state index contributed by atoms with van der Waals surface area (Å²) in [5.41, 5.74) is 0. The molecular weight excluding hydrogens is 144 g/mol. The molecule has 0 heterocycles. The maximum absolute atomic E-state index is 2.53. The molecule has 6 atom stereocenters. The molecule has 0 N–H and O–H groups in total. The van der Waals surface area contributed by atoms with Gasteiger partial charge in [0, 0.05) is 0 Å². The van der Waals surface area contributed by atoms with Gasteiger partial charge >= 0.3 is 0 Å². The van der Waals surface area contributed by atoms with Gasteiger partial charge in [-0.15, -0.1) is 0 Å². The highest BCUT2D eigenvalue weighted by Crippen LogP contribution is 2.64. The van der Waals surface area contributed by atoms with E-state index in [1.165, 1.54) is 18.3 Å². The summed E-state index contributed by atoms with van der Waals surface area (Å²) in [6, 6.07) is 0. The second kappa shape index (κ2) is 2.27. The monoisotopic (exact) mass is 164 g/mol. The van der Waals surface area contributed by atoms with Gasteiger partial charge in [-0.3, -0.25) is 0 Å². The molecule has 3 saturated carbocycles. The zero-order valence-electron chi connectivity index (χ0n) is 8.29. The molecule has 0 heteroatoms. The van der Waals surface area contributed by atoms with Gasteiger partial charge in [0.05, 0.1) is 0 Å². The topological polar surface area (TPSA) is 0 Å². The van der Waals surface area contributed by atoms with E-state index in [1.807, 2.05) is 0 Å². The first-order valence-corrected chi connectivity index (χ1v) is 5.81. The van der Waals surface area contributed by atoms with Crippen LogP contribution in [0.1, 0.15) is 39.5 Å². The van der Waals surface area contributed by atoms with Crippen LogP contribution >= 0.6 is 0 Å². The Labute approximate surface area is 75.7 Å². The summed E-state index contributed by atoms with van der Waals surface area (Å²) >= 11 is 0. The molecule has 3 aliphatic carbocycles. The first-order valence-electron chi connectivity index (χ1n) is 5.81. The molecule has 12 heavy (non-hydrogen) atoms. The molecule has 0 aromatic carbocycles. The molecule has 6 unspecified atom stereocenters. The summed E-state index contributed by atoms with van der Waals surface area (Å²) in [6.45, 7) is 4.93. The van der Waals surface area contributed by atoms with Crippen LogP contribution in [0.4, 0.5) is 0 Å². The number of rotatable bonds is 1. The van der Waals surface area contributed by atoms with Crippen molar-refractivity contribution in [3.8, 4) is 0 Å². The SMILES string of the molecule is CCC1C(C)C2CC2CC2CC21. The minimum absolute atomic E-state index is 1.07. The van der Waals surface area contributed by atoms with Gasteiger partial charge in [-0.25, -0.2) is 0 Å². The Balaban J connectivity index is 1.81. The molecule has 3 fully saturated rings. The highest BCUT2D eigenvalue weighted by molar-refractivity contribution is 5.05. The van der Waals surface area contributed by atoms with Crippen molar-refractivity contribution in [1.29, 1.82) is 0 Å². The summed E-state index contributed by atoms with van der Waals surface area (Å²) < 4.78 is 0. The van der Waals surface area contributed by atoms with E-state index < -0.39 is 0 Å². The molecule has 0 aromatic rings. The maximum atomic E-state index is 2.53. The van der Waals surface area contributed by atoms with Crippen LogP contribution in [0.2, 0.25) is 0 Å². The van der Waals surface area contributed by atoms with Crippen molar-refractivity contribution in [3.63, 3.8) is 0 Å². The molecule has 0 radical (unpaired) electrons. The zero-order valence-corrected chi connectivity index (χ0v) is 8.29. The van der Waals surface area contributed by atoms with E-state index in [0.717, 1.165) is 23.7 Å². The van der Waals surface area contributed by atoms with Gasteiger partial charge in [-0.05, 0) is 54.8 Å². The average molecular weight is 164 g/mol. The van der Waals surface area contributed by atoms with E-state index in [2.05, 4.69) is 13.8 Å². The Morgan fingerprint density at radius 2 is 1.67 bits per heavy atom. The van der Waals surface area contributed by atoms with E-state index in [9.17, 15) is 0 Å². The standard InChI is InChI=1S/C12H20/c1-3-10-7(2)11-5-8(11)4-9-6-12(9)10/h7-12H,3-6H2,1-2H3. The maximum Gasteiger partial charge on any atom is -0.0352 e. The third-order valence-electron chi connectivity index (χ3n) is 4.93. The largest absolute Gasteiger partial charge is 0.0651 e. The normalized spacial score (nSPS) is 61.5. The van der Waals surface area contributed by atoms with Gasteiger partial charge in [0.1, 0.15) is 0 Å². The molecule has 3 rings (SSSR count). The molecule has 0 aliphatic heterocycles. The van der Waals surface area contributed by atoms with Crippen LogP contribution in [0.5, 0.6) is 0 Å². The lowest BCUT2D eigenvalue weighted by molar-refractivity contribution is 0.275. The molecule has 68 valence electrons. The summed E-state index contributed by atoms with van der Waals surface area (Å²) in [4.78, 5) is 0. The fraction of sp³-hybridized carbons (Fsp3) is 1.00. The molecule has 0 bridgehead atoms. The summed E-state index contributed by atoms with van der Waals surface area (Å²) in [6.07, 6.45) is 6.23. The van der Waals surface area contributed by atoms with Gasteiger partial charge in [0.25, 0.3) is 0 Å². The van der Waals surface area contributed by atoms with Crippen LogP contribution in [0, 0.1) is 35.5 Å². The average Bonchev–Trinajstić information content (AvgIpc) is 2.88. The van der Waals surface area contributed by atoms with Crippen LogP contribution in [-0.2, 0) is 0 Å². The minimum atomic E-state index is 1.07. The first-order chi connectivity index (χ1) is 5.81. The van der Waals surface area contributed by atoms with Gasteiger partial charge < -0.3 is 0 Å². The summed E-state index contributed by atoms with van der Waals surface area (Å²) in [5.74, 6) is 6.84. The second-order valence-electron chi connectivity index (χ2n) is 5.49. The van der Waals surface area contributed by atoms with Crippen molar-refractivity contribution in [1.82, 2.24) is 0 Å². The number of hydrogen-bond donors (Lipinski definition) is 0. The van der Waals surface area contributed by atoms with Crippen molar-refractivity contribution in [2.75, 3.05) is 0 Å². The number of hydrogen-bond acceptors (Lipinski definition) is 0. The molecule has 0 saturated heterocycles. The third kappa shape index (κ3) is 0.900. The van der Waals surface area contributed by atoms with Crippen LogP contribution in [-0.4, -0.2) is 0 Å². The molecule has 0 amide bonds. The van der Waals surface area contributed by atoms with Gasteiger partial charge in [-0.1, -0.05) is 20.3 Å². The van der Waals surface area contributed by atoms with Crippen LogP contribution in [0.15, 0.2) is 0 Å². The van der Waals surface area contributed by atoms with Crippen molar-refractivity contribution in [3.05, 3.63) is 0 Å². The Bertz CT molecular complexity index is 196. The lowest BCUT2D eigenvalue weighted by atomic mass is 9.84. The smallest absolute Gasteiger partial charge is 0.0352 e. The van der Waals surface area contributed by atoms with Crippen molar-refractivity contribution >= 4 is 0 Å². The van der Waals surface area contributed by atoms with Gasteiger partial charge in [0.15, 0.2) is 0 Å². The summed E-state index contributed by atoms with van der Waals surface area (Å²) in [7, 11) is 0. The van der Waals surface area contributed by atoms with E-state index in [1.54, 1.807) is 19.3 Å². The Hall–Kier alpha value is 0. The van der Waals surface area contributed by atoms with Gasteiger partial charge in [0.2, 0.25) is 0 Å². The van der Waals surface area contributed by atoms with Crippen molar-refractivity contribution in [2.24, 2.45) is 35.5 Å². The minimum Gasteiger partial charge on any atom is -0.0651 e. The summed E-state index contributed by atoms with van der Waals surface area (Å²) in [5, 5.41) is 0. The Morgan fingerprint density at radius 3 is 2.42 bits per heavy atom. The number of fused-ring (bicyclic) bond motifs is 2. The van der Waals surface area contributed by atoms with Gasteiger partial charge in [-0.2, -0.15) is 0 Å². The van der Waals surface area contributed by atoms with E-state index in [-0.39, 0.29) is 0 Å². The van der Waals surface area contributed by atoms with Crippen LogP contribution in [0.3, 0.4) is 0 Å². The molecule has 0 aromatic heterocycles. The molecular formula is C12H20. The lowest BCUT2D eigenvalue weighted by Gasteiger charge is -2.21. The van der Waals surface area contributed by atoms with Crippen LogP contribution in [0.25, 0.3) is 0 Å². The molecule has 0 nitrogen and oxygen atoms in total. The Morgan fingerprint density at radius 1 is 1.00 bits per heavy atom. The van der Waals surface area contributed by atoms with Crippen LogP contribution < -0.4 is 0 Å². The van der Waals surface area contributed by atoms with E-state index in [0.29, 0.717) is 0 Å². The third-order valence-corrected chi connectivity index (χ3v) is 4.93. The van der Waals surface area contributed by atoms with Crippen molar-refractivity contribution in [2.45, 2.75) is 39.5 Å². The highest BCUT2D eigenvalue weighted by Gasteiger charge is 2.56. The predicted octanol–water partition coefficient (Wildman–Crippen LogP) is 3.32. The second-order valence-corrected chi connectivity index (χ2v) is 5.49. The van der Waals surface area contributed by atoms with E-state index in [4.69, 9.17) is 0 Å². The quantitative estimate of drug-likeness (QED) is 0.557. The fourth-order valence-corrected chi connectivity index (χ4v) is 4.02. The fourth-order valence-electron chi connectivity index (χ4n) is 4.02. The Kier molecular flexibility index (Phi) is 1.40. The lowest BCUT2D eigenvalue weighted by Crippen LogP contribution is -2.14. The molecule has 3 aliphatic rings. The first kappa shape index (κ1) is 7.41. The van der Waals surface area contributed by atoms with E-state index >= 15 is 0 Å².